The van der Waals surface area contributed by atoms with Crippen molar-refractivity contribution in [1.82, 2.24) is 0 Å². The highest BCUT2D eigenvalue weighted by molar-refractivity contribution is 6.09. The maximum absolute atomic E-state index is 12.2. The van der Waals surface area contributed by atoms with Crippen LogP contribution in [-0.4, -0.2) is 37.3 Å². The normalized spacial score (nSPS) is 14.8. The van der Waals surface area contributed by atoms with Gasteiger partial charge in [-0.15, -0.1) is 0 Å². The zero-order valence-corrected chi connectivity index (χ0v) is 13.4. The average molecular weight is 339 g/mol. The molecule has 7 nitrogen and oxygen atoms in total. The molecule has 0 spiro atoms. The molecule has 1 aromatic carbocycles. The zero-order valence-electron chi connectivity index (χ0n) is 13.4. The summed E-state index contributed by atoms with van der Waals surface area (Å²) in [6.45, 7) is 2.76. The predicted octanol–water partition coefficient (Wildman–Crippen LogP) is 2.37. The topological polar surface area (TPSA) is 98.7 Å². The van der Waals surface area contributed by atoms with E-state index in [1.54, 1.807) is 18.2 Å². The van der Waals surface area contributed by atoms with Crippen molar-refractivity contribution in [3.8, 4) is 11.8 Å². The first-order chi connectivity index (χ1) is 12.2. The van der Waals surface area contributed by atoms with E-state index in [0.29, 0.717) is 30.5 Å². The fraction of sp³-hybridized carbons (Fsp3) is 0.222. The number of ether oxygens (including phenoxy) is 1. The fourth-order valence-electron chi connectivity index (χ4n) is 2.41. The number of anilines is 2. The summed E-state index contributed by atoms with van der Waals surface area (Å²) in [5.74, 6) is 0.669. The number of carbonyl (C=O) groups excluding carboxylic acids is 1. The molecule has 0 saturated carbocycles. The van der Waals surface area contributed by atoms with E-state index in [1.807, 2.05) is 17.0 Å². The summed E-state index contributed by atoms with van der Waals surface area (Å²) >= 11 is 0. The van der Waals surface area contributed by atoms with Gasteiger partial charge >= 0.3 is 0 Å². The van der Waals surface area contributed by atoms with Crippen LogP contribution in [0.1, 0.15) is 5.76 Å². The number of amides is 1. The van der Waals surface area contributed by atoms with Crippen molar-refractivity contribution >= 4 is 23.6 Å². The van der Waals surface area contributed by atoms with Gasteiger partial charge in [0, 0.05) is 30.9 Å². The Morgan fingerprint density at radius 2 is 1.92 bits per heavy atom. The van der Waals surface area contributed by atoms with E-state index in [0.717, 1.165) is 13.1 Å². The summed E-state index contributed by atoms with van der Waals surface area (Å²) in [5.41, 5.74) is 0.411. The minimum atomic E-state index is -0.544. The molecule has 1 saturated heterocycles. The van der Waals surface area contributed by atoms with Crippen molar-refractivity contribution in [3.05, 3.63) is 47.7 Å². The molecule has 0 atom stereocenters. The first-order valence-electron chi connectivity index (χ1n) is 7.80. The molecule has 2 N–H and O–H groups in total. The highest BCUT2D eigenvalue weighted by atomic mass is 16.5. The van der Waals surface area contributed by atoms with Gasteiger partial charge in [-0.1, -0.05) is 0 Å². The molecule has 2 aromatic rings. The molecule has 25 heavy (non-hydrogen) atoms. The van der Waals surface area contributed by atoms with Gasteiger partial charge in [-0.25, -0.2) is 0 Å². The summed E-state index contributed by atoms with van der Waals surface area (Å²) in [6, 6.07) is 11.4. The molecular formula is C18H17N3O4. The van der Waals surface area contributed by atoms with Crippen LogP contribution in [0.3, 0.4) is 0 Å². The number of morpholine rings is 1. The first-order valence-corrected chi connectivity index (χ1v) is 7.80. The molecule has 0 unspecified atom stereocenters. The number of benzene rings is 1. The number of rotatable bonds is 4. The van der Waals surface area contributed by atoms with Crippen LogP contribution in [0.5, 0.6) is 5.75 Å². The van der Waals surface area contributed by atoms with Crippen LogP contribution in [0.15, 0.2) is 46.4 Å². The van der Waals surface area contributed by atoms with E-state index in [-0.39, 0.29) is 11.3 Å². The minimum absolute atomic E-state index is 0.0732. The predicted molar refractivity (Wildman–Crippen MR) is 92.1 cm³/mol. The van der Waals surface area contributed by atoms with Crippen molar-refractivity contribution in [2.24, 2.45) is 0 Å². The molecule has 1 amide bonds. The number of nitriles is 1. The SMILES string of the molecule is N#C/C(=C\c1ccc(N2CCOCC2)o1)C(=O)Nc1ccc(O)cc1. The second kappa shape index (κ2) is 7.55. The van der Waals surface area contributed by atoms with Crippen LogP contribution in [0.2, 0.25) is 0 Å². The number of aromatic hydroxyl groups is 1. The number of furan rings is 1. The lowest BCUT2D eigenvalue weighted by molar-refractivity contribution is -0.112. The van der Waals surface area contributed by atoms with Crippen LogP contribution in [0.25, 0.3) is 6.08 Å². The van der Waals surface area contributed by atoms with E-state index in [2.05, 4.69) is 5.32 Å². The van der Waals surface area contributed by atoms with E-state index >= 15 is 0 Å². The number of hydrogen-bond acceptors (Lipinski definition) is 6. The Balaban J connectivity index is 1.71. The van der Waals surface area contributed by atoms with Crippen LogP contribution >= 0.6 is 0 Å². The Morgan fingerprint density at radius 3 is 2.60 bits per heavy atom. The quantitative estimate of drug-likeness (QED) is 0.504. The number of hydrogen-bond donors (Lipinski definition) is 2. The number of nitrogens with one attached hydrogen (secondary N) is 1. The molecule has 1 aromatic heterocycles. The van der Waals surface area contributed by atoms with Crippen LogP contribution in [0.4, 0.5) is 11.6 Å². The first kappa shape index (κ1) is 16.6. The van der Waals surface area contributed by atoms with Gasteiger partial charge in [0.1, 0.15) is 23.2 Å². The maximum atomic E-state index is 12.2. The van der Waals surface area contributed by atoms with Gasteiger partial charge in [0.2, 0.25) is 0 Å². The summed E-state index contributed by atoms with van der Waals surface area (Å²) < 4.78 is 11.0. The highest BCUT2D eigenvalue weighted by Crippen LogP contribution is 2.22. The standard InChI is InChI=1S/C18H17N3O4/c19-12-13(18(23)20-14-1-3-15(22)4-2-14)11-16-5-6-17(25-16)21-7-9-24-10-8-21/h1-6,11,22H,7-10H2,(H,20,23)/b13-11+. The lowest BCUT2D eigenvalue weighted by Crippen LogP contribution is -2.35. The molecule has 1 aliphatic rings. The van der Waals surface area contributed by atoms with Gasteiger partial charge in [-0.3, -0.25) is 4.79 Å². The molecule has 0 bridgehead atoms. The monoisotopic (exact) mass is 339 g/mol. The minimum Gasteiger partial charge on any atom is -0.508 e. The van der Waals surface area contributed by atoms with Gasteiger partial charge < -0.3 is 24.5 Å². The lowest BCUT2D eigenvalue weighted by atomic mass is 10.2. The van der Waals surface area contributed by atoms with Crippen molar-refractivity contribution in [3.63, 3.8) is 0 Å². The second-order valence-corrected chi connectivity index (χ2v) is 5.45. The van der Waals surface area contributed by atoms with Gasteiger partial charge in [-0.05, 0) is 30.3 Å². The Kier molecular flexibility index (Phi) is 5.02. The smallest absolute Gasteiger partial charge is 0.266 e. The number of carbonyl (C=O) groups is 1. The molecule has 1 fully saturated rings. The summed E-state index contributed by atoms with van der Waals surface area (Å²) in [7, 11) is 0. The largest absolute Gasteiger partial charge is 0.508 e. The number of nitrogens with zero attached hydrogens (tertiary/aromatic N) is 2. The van der Waals surface area contributed by atoms with Gasteiger partial charge in [0.05, 0.1) is 13.2 Å². The number of phenolic OH excluding ortho intramolecular Hbond substituents is 1. The molecule has 1 aliphatic heterocycles. The van der Waals surface area contributed by atoms with Gasteiger partial charge in [0.15, 0.2) is 5.88 Å². The zero-order chi connectivity index (χ0) is 17.6. The van der Waals surface area contributed by atoms with Crippen molar-refractivity contribution in [1.29, 1.82) is 5.26 Å². The van der Waals surface area contributed by atoms with E-state index in [9.17, 15) is 15.2 Å². The molecule has 0 aliphatic carbocycles. The molecular weight excluding hydrogens is 322 g/mol. The Hall–Kier alpha value is -3.24. The lowest BCUT2D eigenvalue weighted by Gasteiger charge is -2.26. The Labute approximate surface area is 144 Å². The van der Waals surface area contributed by atoms with Crippen LogP contribution in [-0.2, 0) is 9.53 Å². The van der Waals surface area contributed by atoms with E-state index in [4.69, 9.17) is 9.15 Å². The molecule has 128 valence electrons. The van der Waals surface area contributed by atoms with E-state index < -0.39 is 5.91 Å². The van der Waals surface area contributed by atoms with Crippen LogP contribution < -0.4 is 10.2 Å². The number of phenols is 1. The van der Waals surface area contributed by atoms with E-state index in [1.165, 1.54) is 18.2 Å². The third-order valence-corrected chi connectivity index (χ3v) is 3.71. The molecule has 2 heterocycles. The molecule has 7 heteroatoms. The Morgan fingerprint density at radius 1 is 1.20 bits per heavy atom. The third-order valence-electron chi connectivity index (χ3n) is 3.71. The average Bonchev–Trinajstić information content (AvgIpc) is 3.11. The Bertz CT molecular complexity index is 812. The summed E-state index contributed by atoms with van der Waals surface area (Å²) in [6.07, 6.45) is 1.40. The van der Waals surface area contributed by atoms with Crippen molar-refractivity contribution in [2.45, 2.75) is 0 Å². The maximum Gasteiger partial charge on any atom is 0.266 e. The summed E-state index contributed by atoms with van der Waals surface area (Å²) in [5, 5.41) is 21.1. The van der Waals surface area contributed by atoms with Crippen molar-refractivity contribution in [2.75, 3.05) is 36.5 Å². The van der Waals surface area contributed by atoms with Crippen LogP contribution in [0, 0.1) is 11.3 Å². The third kappa shape index (κ3) is 4.19. The second-order valence-electron chi connectivity index (χ2n) is 5.45. The highest BCUT2D eigenvalue weighted by Gasteiger charge is 2.15. The van der Waals surface area contributed by atoms with Crippen molar-refractivity contribution < 1.29 is 19.1 Å². The van der Waals surface area contributed by atoms with Gasteiger partial charge in [0.25, 0.3) is 5.91 Å². The summed E-state index contributed by atoms with van der Waals surface area (Å²) in [4.78, 5) is 14.3. The van der Waals surface area contributed by atoms with Gasteiger partial charge in [-0.2, -0.15) is 5.26 Å². The molecule has 0 radical (unpaired) electrons. The fourth-order valence-corrected chi connectivity index (χ4v) is 2.41. The molecule has 3 rings (SSSR count).